The van der Waals surface area contributed by atoms with E-state index in [0.29, 0.717) is 6.04 Å². The Kier molecular flexibility index (Phi) is 4.78. The number of hydrogen-bond acceptors (Lipinski definition) is 3. The molecule has 6 heteroatoms. The lowest BCUT2D eigenvalue weighted by Gasteiger charge is -2.04. The van der Waals surface area contributed by atoms with Gasteiger partial charge in [-0.05, 0) is 20.8 Å². The van der Waals surface area contributed by atoms with Crippen LogP contribution in [0.2, 0.25) is 0 Å². The van der Waals surface area contributed by atoms with Gasteiger partial charge in [0.25, 0.3) is 0 Å². The first-order valence-electron chi connectivity index (χ1n) is 5.83. The first-order valence-corrected chi connectivity index (χ1v) is 5.83. The second-order valence-corrected chi connectivity index (χ2v) is 4.58. The maximum absolute atomic E-state index is 4.31. The van der Waals surface area contributed by atoms with E-state index in [9.17, 15) is 0 Å². The van der Waals surface area contributed by atoms with Crippen molar-refractivity contribution in [1.29, 1.82) is 0 Å². The molecule has 0 aliphatic rings. The molecule has 2 heterocycles. The fourth-order valence-corrected chi connectivity index (χ4v) is 1.72. The van der Waals surface area contributed by atoms with Crippen molar-refractivity contribution in [3.63, 3.8) is 0 Å². The molecule has 0 atom stereocenters. The second kappa shape index (κ2) is 5.91. The number of nitrogens with zero attached hydrogens (tertiary/aromatic N) is 4. The summed E-state index contributed by atoms with van der Waals surface area (Å²) in [6.45, 7) is 7.02. The Labute approximate surface area is 114 Å². The van der Waals surface area contributed by atoms with Gasteiger partial charge in [-0.15, -0.1) is 12.4 Å². The molecular weight excluding hydrogens is 250 g/mol. The van der Waals surface area contributed by atoms with Gasteiger partial charge in [-0.3, -0.25) is 9.36 Å². The highest BCUT2D eigenvalue weighted by molar-refractivity contribution is 5.85. The second-order valence-electron chi connectivity index (χ2n) is 4.58. The lowest BCUT2D eigenvalue weighted by molar-refractivity contribution is 0.532. The van der Waals surface area contributed by atoms with E-state index in [1.54, 1.807) is 0 Å². The van der Waals surface area contributed by atoms with Gasteiger partial charge >= 0.3 is 0 Å². The van der Waals surface area contributed by atoms with E-state index >= 15 is 0 Å². The molecule has 0 aliphatic carbocycles. The van der Waals surface area contributed by atoms with Gasteiger partial charge in [0.15, 0.2) is 0 Å². The van der Waals surface area contributed by atoms with E-state index in [-0.39, 0.29) is 12.4 Å². The van der Waals surface area contributed by atoms with Crippen LogP contribution < -0.4 is 5.32 Å². The molecule has 0 saturated heterocycles. The summed E-state index contributed by atoms with van der Waals surface area (Å²) in [7, 11) is 1.93. The predicted molar refractivity (Wildman–Crippen MR) is 75.1 cm³/mol. The fraction of sp³-hybridized carbons (Fsp3) is 0.500. The van der Waals surface area contributed by atoms with Crippen LogP contribution in [0.5, 0.6) is 0 Å². The van der Waals surface area contributed by atoms with Crippen LogP contribution >= 0.6 is 12.4 Å². The minimum absolute atomic E-state index is 0. The largest absolute Gasteiger partial charge is 0.378 e. The Morgan fingerprint density at radius 3 is 2.56 bits per heavy atom. The Bertz CT molecular complexity index is 500. The van der Waals surface area contributed by atoms with Crippen molar-refractivity contribution in [2.24, 2.45) is 7.05 Å². The van der Waals surface area contributed by atoms with Crippen molar-refractivity contribution in [2.45, 2.75) is 33.4 Å². The third kappa shape index (κ3) is 3.26. The van der Waals surface area contributed by atoms with Gasteiger partial charge in [-0.25, -0.2) is 0 Å². The number of hydrogen-bond donors (Lipinski definition) is 1. The number of aromatic nitrogens is 4. The molecule has 18 heavy (non-hydrogen) atoms. The molecule has 0 saturated carbocycles. The number of halogens is 1. The normalized spacial score (nSPS) is 10.5. The van der Waals surface area contributed by atoms with Gasteiger partial charge in [0.2, 0.25) is 0 Å². The lowest BCUT2D eigenvalue weighted by Crippen LogP contribution is -2.01. The number of nitrogens with one attached hydrogen (secondary N) is 1. The molecule has 2 aromatic heterocycles. The van der Waals surface area contributed by atoms with Gasteiger partial charge in [0, 0.05) is 37.6 Å². The zero-order chi connectivity index (χ0) is 12.4. The highest BCUT2D eigenvalue weighted by atomic mass is 35.5. The third-order valence-corrected chi connectivity index (χ3v) is 2.68. The van der Waals surface area contributed by atoms with Gasteiger partial charge in [-0.2, -0.15) is 10.2 Å². The summed E-state index contributed by atoms with van der Waals surface area (Å²) in [5.74, 6) is 0. The van der Waals surface area contributed by atoms with Crippen molar-refractivity contribution in [3.8, 4) is 0 Å². The maximum atomic E-state index is 4.31. The molecular formula is C12H20ClN5. The van der Waals surface area contributed by atoms with E-state index in [2.05, 4.69) is 35.6 Å². The van der Waals surface area contributed by atoms with Crippen LogP contribution in [-0.2, 0) is 13.6 Å². The Hall–Kier alpha value is -1.49. The van der Waals surface area contributed by atoms with Crippen molar-refractivity contribution in [3.05, 3.63) is 29.8 Å². The van der Waals surface area contributed by atoms with Gasteiger partial charge < -0.3 is 5.32 Å². The van der Waals surface area contributed by atoms with Crippen LogP contribution in [0.1, 0.15) is 31.1 Å². The summed E-state index contributed by atoms with van der Waals surface area (Å²) in [6.07, 6.45) is 5.96. The first kappa shape index (κ1) is 14.6. The summed E-state index contributed by atoms with van der Waals surface area (Å²) < 4.78 is 3.78. The third-order valence-electron chi connectivity index (χ3n) is 2.68. The van der Waals surface area contributed by atoms with E-state index < -0.39 is 0 Å². The molecule has 0 bridgehead atoms. The predicted octanol–water partition coefficient (Wildman–Crippen LogP) is 2.54. The summed E-state index contributed by atoms with van der Waals surface area (Å²) in [4.78, 5) is 0. The molecule has 2 rings (SSSR count). The highest BCUT2D eigenvalue weighted by Crippen LogP contribution is 2.13. The fourth-order valence-electron chi connectivity index (χ4n) is 1.72. The molecule has 0 unspecified atom stereocenters. The van der Waals surface area contributed by atoms with Gasteiger partial charge in [0.1, 0.15) is 0 Å². The molecule has 0 fully saturated rings. The van der Waals surface area contributed by atoms with Crippen LogP contribution in [0.3, 0.4) is 0 Å². The Balaban J connectivity index is 0.00000162. The maximum Gasteiger partial charge on any atom is 0.0825 e. The smallest absolute Gasteiger partial charge is 0.0825 e. The minimum Gasteiger partial charge on any atom is -0.378 e. The Morgan fingerprint density at radius 1 is 1.33 bits per heavy atom. The average Bonchev–Trinajstić information content (AvgIpc) is 2.82. The molecule has 0 radical (unpaired) electrons. The van der Waals surface area contributed by atoms with Crippen LogP contribution in [-0.4, -0.2) is 19.6 Å². The molecule has 1 N–H and O–H groups in total. The quantitative estimate of drug-likeness (QED) is 0.928. The van der Waals surface area contributed by atoms with Crippen LogP contribution in [0.4, 0.5) is 5.69 Å². The zero-order valence-corrected chi connectivity index (χ0v) is 12.0. The van der Waals surface area contributed by atoms with Crippen LogP contribution in [0, 0.1) is 6.92 Å². The van der Waals surface area contributed by atoms with Crippen LogP contribution in [0.15, 0.2) is 18.6 Å². The number of aryl methyl sites for hydroxylation is 2. The first-order chi connectivity index (χ1) is 8.06. The topological polar surface area (TPSA) is 47.7 Å². The summed E-state index contributed by atoms with van der Waals surface area (Å²) >= 11 is 0. The van der Waals surface area contributed by atoms with E-state index in [1.165, 1.54) is 5.56 Å². The summed E-state index contributed by atoms with van der Waals surface area (Å²) in [6, 6.07) is 0.406. The molecule has 0 amide bonds. The van der Waals surface area contributed by atoms with Crippen molar-refractivity contribution in [2.75, 3.05) is 5.32 Å². The standard InChI is InChI=1S/C12H19N5.ClH/c1-9(2)17-7-11(6-14-17)5-13-12-8-16(4)15-10(12)3;/h6-9,13H,5H2,1-4H3;1H. The molecule has 0 spiro atoms. The monoisotopic (exact) mass is 269 g/mol. The van der Waals surface area contributed by atoms with E-state index in [4.69, 9.17) is 0 Å². The molecule has 5 nitrogen and oxygen atoms in total. The van der Waals surface area contributed by atoms with Crippen molar-refractivity contribution in [1.82, 2.24) is 19.6 Å². The molecule has 0 aliphatic heterocycles. The lowest BCUT2D eigenvalue weighted by atomic mass is 10.3. The van der Waals surface area contributed by atoms with Crippen molar-refractivity contribution < 1.29 is 0 Å². The zero-order valence-electron chi connectivity index (χ0n) is 11.2. The molecule has 100 valence electrons. The summed E-state index contributed by atoms with van der Waals surface area (Å²) in [5, 5.41) is 12.0. The molecule has 0 aromatic carbocycles. The summed E-state index contributed by atoms with van der Waals surface area (Å²) in [5.41, 5.74) is 3.27. The number of anilines is 1. The minimum atomic E-state index is 0. The Morgan fingerprint density at radius 2 is 2.06 bits per heavy atom. The van der Waals surface area contributed by atoms with Crippen molar-refractivity contribution >= 4 is 18.1 Å². The van der Waals surface area contributed by atoms with E-state index in [0.717, 1.165) is 17.9 Å². The van der Waals surface area contributed by atoms with E-state index in [1.807, 2.05) is 35.7 Å². The SMILES string of the molecule is Cc1nn(C)cc1NCc1cnn(C(C)C)c1.Cl. The number of rotatable bonds is 4. The molecule has 2 aromatic rings. The average molecular weight is 270 g/mol. The van der Waals surface area contributed by atoms with Gasteiger partial charge in [-0.1, -0.05) is 0 Å². The van der Waals surface area contributed by atoms with Gasteiger partial charge in [0.05, 0.1) is 17.6 Å². The highest BCUT2D eigenvalue weighted by Gasteiger charge is 2.04. The van der Waals surface area contributed by atoms with Crippen LogP contribution in [0.25, 0.3) is 0 Å².